The van der Waals surface area contributed by atoms with Gasteiger partial charge in [0.15, 0.2) is 0 Å². The Labute approximate surface area is 157 Å². The first-order chi connectivity index (χ1) is 12.9. The van der Waals surface area contributed by atoms with Gasteiger partial charge in [-0.25, -0.2) is 4.98 Å². The van der Waals surface area contributed by atoms with E-state index in [1.807, 2.05) is 13.0 Å². The van der Waals surface area contributed by atoms with Crippen molar-refractivity contribution in [1.29, 1.82) is 0 Å². The monoisotopic (exact) mass is 366 g/mol. The van der Waals surface area contributed by atoms with Gasteiger partial charge in [0, 0.05) is 18.6 Å². The van der Waals surface area contributed by atoms with Crippen molar-refractivity contribution in [3.63, 3.8) is 0 Å². The first-order valence-electron chi connectivity index (χ1n) is 8.70. The van der Waals surface area contributed by atoms with Gasteiger partial charge < -0.3 is 16.2 Å². The average Bonchev–Trinajstić information content (AvgIpc) is 2.64. The van der Waals surface area contributed by atoms with Crippen LogP contribution in [-0.4, -0.2) is 27.0 Å². The smallest absolute Gasteiger partial charge is 0.308 e. The Morgan fingerprint density at radius 1 is 1.37 bits per heavy atom. The van der Waals surface area contributed by atoms with Crippen LogP contribution >= 0.6 is 0 Å². The highest BCUT2D eigenvalue weighted by molar-refractivity contribution is 5.90. The number of hydrogen-bond acceptors (Lipinski definition) is 5. The van der Waals surface area contributed by atoms with Gasteiger partial charge in [-0.15, -0.1) is 0 Å². The molecule has 2 heterocycles. The molecule has 1 fully saturated rings. The van der Waals surface area contributed by atoms with Gasteiger partial charge in [-0.1, -0.05) is 18.2 Å². The lowest BCUT2D eigenvalue weighted by Gasteiger charge is -2.44. The lowest BCUT2D eigenvalue weighted by Crippen LogP contribution is -2.52. The fourth-order valence-corrected chi connectivity index (χ4v) is 3.60. The first-order valence-corrected chi connectivity index (χ1v) is 8.70. The number of amides is 1. The van der Waals surface area contributed by atoms with Crippen LogP contribution in [0.5, 0.6) is 0 Å². The average molecular weight is 366 g/mol. The van der Waals surface area contributed by atoms with Crippen LogP contribution in [0, 0.1) is 17.8 Å². The minimum atomic E-state index is -0.997. The molecule has 3 rings (SSSR count). The number of aromatic nitrogens is 2. The second-order valence-electron chi connectivity index (χ2n) is 6.83. The quantitative estimate of drug-likeness (QED) is 0.673. The Bertz CT molecular complexity index is 869. The number of carboxylic acid groups (broad SMARTS) is 1. The van der Waals surface area contributed by atoms with E-state index >= 15 is 0 Å². The summed E-state index contributed by atoms with van der Waals surface area (Å²) < 4.78 is 0. The maximum absolute atomic E-state index is 12.7. The van der Waals surface area contributed by atoms with Crippen LogP contribution < -0.4 is 11.1 Å². The lowest BCUT2D eigenvalue weighted by atomic mass is 9.59. The van der Waals surface area contributed by atoms with E-state index in [0.717, 1.165) is 11.1 Å². The molecule has 0 aromatic carbocycles. The molecule has 1 aliphatic carbocycles. The Balaban J connectivity index is 1.71. The minimum Gasteiger partial charge on any atom is -0.481 e. The van der Waals surface area contributed by atoms with Crippen LogP contribution in [0.4, 0.5) is 5.82 Å². The molecular weight excluding hydrogens is 344 g/mol. The van der Waals surface area contributed by atoms with Gasteiger partial charge in [0.05, 0.1) is 17.9 Å². The van der Waals surface area contributed by atoms with E-state index in [4.69, 9.17) is 5.73 Å². The normalized spacial score (nSPS) is 22.6. The van der Waals surface area contributed by atoms with Crippen molar-refractivity contribution < 1.29 is 14.7 Å². The molecule has 2 aromatic rings. The molecule has 0 radical (unpaired) electrons. The molecule has 0 bridgehead atoms. The molecule has 0 aliphatic heterocycles. The number of nitrogens with one attached hydrogen (secondary N) is 1. The molecule has 27 heavy (non-hydrogen) atoms. The number of hydrogen-bond donors (Lipinski definition) is 3. The van der Waals surface area contributed by atoms with Crippen molar-refractivity contribution in [3.05, 3.63) is 66.1 Å². The first kappa shape index (κ1) is 18.6. The third kappa shape index (κ3) is 3.81. The highest BCUT2D eigenvalue weighted by Crippen LogP contribution is 2.47. The molecule has 140 valence electrons. The zero-order valence-corrected chi connectivity index (χ0v) is 15.0. The van der Waals surface area contributed by atoms with Crippen LogP contribution in [0.15, 0.2) is 55.0 Å². The van der Waals surface area contributed by atoms with Crippen LogP contribution in [0.2, 0.25) is 0 Å². The van der Waals surface area contributed by atoms with Crippen molar-refractivity contribution in [2.45, 2.75) is 19.4 Å². The zero-order chi connectivity index (χ0) is 19.6. The van der Waals surface area contributed by atoms with E-state index in [9.17, 15) is 14.7 Å². The van der Waals surface area contributed by atoms with E-state index < -0.39 is 17.8 Å². The Hall–Kier alpha value is -3.22. The van der Waals surface area contributed by atoms with Crippen molar-refractivity contribution >= 4 is 17.7 Å². The molecule has 0 saturated heterocycles. The summed E-state index contributed by atoms with van der Waals surface area (Å²) in [6.07, 6.45) is 5.38. The van der Waals surface area contributed by atoms with Crippen molar-refractivity contribution in [1.82, 2.24) is 15.3 Å². The van der Waals surface area contributed by atoms with Gasteiger partial charge >= 0.3 is 5.97 Å². The number of anilines is 1. The van der Waals surface area contributed by atoms with E-state index in [2.05, 4.69) is 21.9 Å². The summed E-state index contributed by atoms with van der Waals surface area (Å²) in [4.78, 5) is 32.5. The molecule has 7 heteroatoms. The SMILES string of the molecule is C=C1C(C(=O)NC(C)c2cccnc2)[C@H](C(=O)O)[C@H]1Cc1ccnc(N)c1. The molecule has 2 unspecified atom stereocenters. The lowest BCUT2D eigenvalue weighted by molar-refractivity contribution is -0.152. The Morgan fingerprint density at radius 2 is 2.15 bits per heavy atom. The summed E-state index contributed by atoms with van der Waals surface area (Å²) in [5.74, 6) is -2.81. The number of aliphatic carboxylic acids is 1. The molecular formula is C20H22N4O3. The summed E-state index contributed by atoms with van der Waals surface area (Å²) >= 11 is 0. The predicted octanol–water partition coefficient (Wildman–Crippen LogP) is 1.98. The minimum absolute atomic E-state index is 0.271. The highest BCUT2D eigenvalue weighted by Gasteiger charge is 2.52. The number of carbonyl (C=O) groups excluding carboxylic acids is 1. The molecule has 4 atom stereocenters. The van der Waals surface area contributed by atoms with Crippen molar-refractivity contribution in [2.75, 3.05) is 5.73 Å². The second-order valence-corrected chi connectivity index (χ2v) is 6.83. The molecule has 4 N–H and O–H groups in total. The molecule has 0 spiro atoms. The zero-order valence-electron chi connectivity index (χ0n) is 15.0. The number of rotatable bonds is 6. The summed E-state index contributed by atoms with van der Waals surface area (Å²) in [5, 5.41) is 12.5. The fraction of sp³-hybridized carbons (Fsp3) is 0.300. The molecule has 1 saturated carbocycles. The Kier molecular flexibility index (Phi) is 5.21. The van der Waals surface area contributed by atoms with Gasteiger partial charge in [0.1, 0.15) is 5.82 Å². The third-order valence-electron chi connectivity index (χ3n) is 5.08. The highest BCUT2D eigenvalue weighted by atomic mass is 16.4. The van der Waals surface area contributed by atoms with Gasteiger partial charge in [0.25, 0.3) is 0 Å². The van der Waals surface area contributed by atoms with Crippen LogP contribution in [0.3, 0.4) is 0 Å². The van der Waals surface area contributed by atoms with Crippen LogP contribution in [-0.2, 0) is 16.0 Å². The van der Waals surface area contributed by atoms with Crippen molar-refractivity contribution in [2.24, 2.45) is 17.8 Å². The number of nitrogen functional groups attached to an aromatic ring is 1. The summed E-state index contributed by atoms with van der Waals surface area (Å²) in [6, 6.07) is 6.88. The second kappa shape index (κ2) is 7.57. The summed E-state index contributed by atoms with van der Waals surface area (Å²) in [5.41, 5.74) is 8.05. The van der Waals surface area contributed by atoms with Crippen LogP contribution in [0.25, 0.3) is 0 Å². The standard InChI is InChI=1S/C20H22N4O3/c1-11-15(8-13-5-7-23-16(21)9-13)18(20(26)27)17(11)19(25)24-12(2)14-4-3-6-22-10-14/h3-7,9-10,12,15,17-18H,1,8H2,2H3,(H2,21,23)(H,24,25)(H,26,27)/t12?,15-,17?,18+/m0/s1. The third-order valence-corrected chi connectivity index (χ3v) is 5.08. The molecule has 1 amide bonds. The van der Waals surface area contributed by atoms with Gasteiger partial charge in [0.2, 0.25) is 5.91 Å². The number of pyridine rings is 2. The summed E-state index contributed by atoms with van der Waals surface area (Å²) in [7, 11) is 0. The topological polar surface area (TPSA) is 118 Å². The largest absolute Gasteiger partial charge is 0.481 e. The molecule has 7 nitrogen and oxygen atoms in total. The molecule has 2 aromatic heterocycles. The van der Waals surface area contributed by atoms with E-state index in [-0.39, 0.29) is 17.9 Å². The number of carboxylic acids is 1. The van der Waals surface area contributed by atoms with E-state index in [0.29, 0.717) is 17.8 Å². The van der Waals surface area contributed by atoms with E-state index in [1.165, 1.54) is 0 Å². The molecule has 1 aliphatic rings. The van der Waals surface area contributed by atoms with Crippen LogP contribution in [0.1, 0.15) is 24.1 Å². The maximum atomic E-state index is 12.7. The van der Waals surface area contributed by atoms with Crippen molar-refractivity contribution in [3.8, 4) is 0 Å². The van der Waals surface area contributed by atoms with Gasteiger partial charge in [-0.05, 0) is 48.6 Å². The number of nitrogens with two attached hydrogens (primary N) is 1. The van der Waals surface area contributed by atoms with Gasteiger partial charge in [-0.2, -0.15) is 0 Å². The van der Waals surface area contributed by atoms with Gasteiger partial charge in [-0.3, -0.25) is 14.6 Å². The maximum Gasteiger partial charge on any atom is 0.308 e. The summed E-state index contributed by atoms with van der Waals surface area (Å²) in [6.45, 7) is 5.83. The number of carbonyl (C=O) groups is 2. The fourth-order valence-electron chi connectivity index (χ4n) is 3.60. The number of nitrogens with zero attached hydrogens (tertiary/aromatic N) is 2. The Morgan fingerprint density at radius 3 is 2.78 bits per heavy atom. The predicted molar refractivity (Wildman–Crippen MR) is 100 cm³/mol. The van der Waals surface area contributed by atoms with E-state index in [1.54, 1.807) is 36.8 Å².